The van der Waals surface area contributed by atoms with Crippen molar-refractivity contribution in [2.75, 3.05) is 6.54 Å². The van der Waals surface area contributed by atoms with Crippen molar-refractivity contribution in [3.63, 3.8) is 0 Å². The van der Waals surface area contributed by atoms with E-state index in [9.17, 15) is 5.11 Å². The molecule has 23 heavy (non-hydrogen) atoms. The molecular weight excluding hydrogens is 284 g/mol. The van der Waals surface area contributed by atoms with Gasteiger partial charge in [-0.3, -0.25) is 9.88 Å². The summed E-state index contributed by atoms with van der Waals surface area (Å²) in [5.74, 6) is 0. The van der Waals surface area contributed by atoms with Crippen molar-refractivity contribution < 1.29 is 5.11 Å². The van der Waals surface area contributed by atoms with Crippen LogP contribution in [0.5, 0.6) is 0 Å². The summed E-state index contributed by atoms with van der Waals surface area (Å²) in [7, 11) is 0. The molecule has 0 aliphatic carbocycles. The minimum absolute atomic E-state index is 0.571. The first kappa shape index (κ1) is 14.9. The number of aliphatic hydroxyl groups is 1. The summed E-state index contributed by atoms with van der Waals surface area (Å²) in [5, 5.41) is 10.5. The van der Waals surface area contributed by atoms with Gasteiger partial charge in [0.25, 0.3) is 0 Å². The van der Waals surface area contributed by atoms with Gasteiger partial charge in [-0.1, -0.05) is 30.7 Å². The topological polar surface area (TPSA) is 36.4 Å². The first-order chi connectivity index (χ1) is 11.3. The van der Waals surface area contributed by atoms with Crippen molar-refractivity contribution in [1.82, 2.24) is 9.88 Å². The van der Waals surface area contributed by atoms with E-state index in [0.717, 1.165) is 17.2 Å². The van der Waals surface area contributed by atoms with Crippen molar-refractivity contribution in [3.05, 3.63) is 65.5 Å². The molecule has 2 saturated heterocycles. The van der Waals surface area contributed by atoms with Crippen molar-refractivity contribution in [2.45, 2.75) is 50.3 Å². The molecule has 2 fully saturated rings. The highest BCUT2D eigenvalue weighted by atomic mass is 16.3. The second kappa shape index (κ2) is 6.42. The molecule has 2 aliphatic rings. The Morgan fingerprint density at radius 3 is 2.43 bits per heavy atom. The lowest BCUT2D eigenvalue weighted by Gasteiger charge is -2.34. The lowest BCUT2D eigenvalue weighted by atomic mass is 9.98. The molecular formula is C20H24N2O. The van der Waals surface area contributed by atoms with Crippen LogP contribution in [-0.2, 0) is 0 Å². The van der Waals surface area contributed by atoms with Crippen LogP contribution in [0.2, 0.25) is 0 Å². The summed E-state index contributed by atoms with van der Waals surface area (Å²) >= 11 is 0. The van der Waals surface area contributed by atoms with Gasteiger partial charge < -0.3 is 5.11 Å². The molecule has 1 N–H and O–H groups in total. The average Bonchev–Trinajstić information content (AvgIpc) is 3.06. The molecule has 2 aromatic rings. The van der Waals surface area contributed by atoms with Gasteiger partial charge in [-0.15, -0.1) is 0 Å². The highest BCUT2D eigenvalue weighted by Gasteiger charge is 2.35. The lowest BCUT2D eigenvalue weighted by Crippen LogP contribution is -2.35. The third-order valence-electron chi connectivity index (χ3n) is 5.51. The zero-order chi connectivity index (χ0) is 15.6. The second-order valence-corrected chi connectivity index (χ2v) is 6.83. The van der Waals surface area contributed by atoms with Crippen molar-refractivity contribution in [3.8, 4) is 0 Å². The van der Waals surface area contributed by atoms with E-state index in [1.54, 1.807) is 12.4 Å². The van der Waals surface area contributed by atoms with E-state index in [2.05, 4.69) is 34.1 Å². The Bertz CT molecular complexity index is 640. The molecule has 120 valence electrons. The van der Waals surface area contributed by atoms with E-state index in [-0.39, 0.29) is 0 Å². The first-order valence-corrected chi connectivity index (χ1v) is 8.76. The molecule has 0 radical (unpaired) electrons. The van der Waals surface area contributed by atoms with E-state index in [1.165, 1.54) is 44.2 Å². The van der Waals surface area contributed by atoms with E-state index < -0.39 is 6.10 Å². The van der Waals surface area contributed by atoms with Crippen LogP contribution in [0.15, 0.2) is 48.8 Å². The van der Waals surface area contributed by atoms with Crippen LogP contribution in [0.1, 0.15) is 60.9 Å². The first-order valence-electron chi connectivity index (χ1n) is 8.76. The molecule has 1 aromatic carbocycles. The Morgan fingerprint density at radius 2 is 1.65 bits per heavy atom. The minimum atomic E-state index is -0.571. The largest absolute Gasteiger partial charge is 0.384 e. The van der Waals surface area contributed by atoms with Crippen LogP contribution in [0, 0.1) is 0 Å². The molecule has 1 aromatic heterocycles. The van der Waals surface area contributed by atoms with Gasteiger partial charge in [-0.2, -0.15) is 0 Å². The van der Waals surface area contributed by atoms with E-state index in [1.807, 2.05) is 12.1 Å². The summed E-state index contributed by atoms with van der Waals surface area (Å²) in [6.07, 6.45) is 9.59. The molecule has 3 atom stereocenters. The number of fused-ring (bicyclic) bond motifs is 1. The maximum Gasteiger partial charge on any atom is 0.104 e. The number of aliphatic hydroxyl groups excluding tert-OH is 1. The smallest absolute Gasteiger partial charge is 0.104 e. The quantitative estimate of drug-likeness (QED) is 0.935. The van der Waals surface area contributed by atoms with E-state index in [4.69, 9.17) is 0 Å². The molecule has 3 unspecified atom stereocenters. The van der Waals surface area contributed by atoms with Crippen LogP contribution in [0.3, 0.4) is 0 Å². The monoisotopic (exact) mass is 308 g/mol. The van der Waals surface area contributed by atoms with E-state index in [0.29, 0.717) is 6.04 Å². The van der Waals surface area contributed by atoms with Crippen LogP contribution in [0.25, 0.3) is 0 Å². The Labute approximate surface area is 138 Å². The Kier molecular flexibility index (Phi) is 4.15. The lowest BCUT2D eigenvalue weighted by molar-refractivity contribution is 0.150. The van der Waals surface area contributed by atoms with Gasteiger partial charge in [0, 0.05) is 24.5 Å². The fourth-order valence-electron chi connectivity index (χ4n) is 4.26. The Balaban J connectivity index is 1.52. The Morgan fingerprint density at radius 1 is 0.913 bits per heavy atom. The number of aromatic nitrogens is 1. The third kappa shape index (κ3) is 2.91. The van der Waals surface area contributed by atoms with Gasteiger partial charge in [-0.25, -0.2) is 0 Å². The van der Waals surface area contributed by atoms with Gasteiger partial charge in [-0.05, 0) is 61.1 Å². The molecule has 2 aliphatic heterocycles. The van der Waals surface area contributed by atoms with Gasteiger partial charge in [0.2, 0.25) is 0 Å². The molecule has 0 saturated carbocycles. The van der Waals surface area contributed by atoms with Gasteiger partial charge in [0.15, 0.2) is 0 Å². The van der Waals surface area contributed by atoms with Crippen LogP contribution >= 0.6 is 0 Å². The number of benzene rings is 1. The fourth-order valence-corrected chi connectivity index (χ4v) is 4.26. The standard InChI is InChI=1S/C20H24N2O/c23-20(17-10-12-21-13-11-17)16-6-4-15(5-7-16)19-9-8-18-3-1-2-14-22(18)19/h4-7,10-13,18-20,23H,1-3,8-9,14H2. The van der Waals surface area contributed by atoms with Crippen LogP contribution in [0.4, 0.5) is 0 Å². The van der Waals surface area contributed by atoms with E-state index >= 15 is 0 Å². The number of pyridine rings is 1. The number of nitrogens with zero attached hydrogens (tertiary/aromatic N) is 2. The summed E-state index contributed by atoms with van der Waals surface area (Å²) in [6, 6.07) is 13.7. The summed E-state index contributed by atoms with van der Waals surface area (Å²) in [4.78, 5) is 6.72. The summed E-state index contributed by atoms with van der Waals surface area (Å²) in [5.41, 5.74) is 3.25. The molecule has 0 spiro atoms. The second-order valence-electron chi connectivity index (χ2n) is 6.83. The molecule has 4 rings (SSSR count). The van der Waals surface area contributed by atoms with Gasteiger partial charge in [0.1, 0.15) is 6.10 Å². The van der Waals surface area contributed by atoms with Crippen molar-refractivity contribution in [1.29, 1.82) is 0 Å². The average molecular weight is 308 g/mol. The van der Waals surface area contributed by atoms with Crippen molar-refractivity contribution >= 4 is 0 Å². The zero-order valence-electron chi connectivity index (χ0n) is 13.4. The molecule has 0 bridgehead atoms. The molecule has 3 nitrogen and oxygen atoms in total. The molecule has 3 heterocycles. The zero-order valence-corrected chi connectivity index (χ0v) is 13.4. The Hall–Kier alpha value is -1.71. The highest BCUT2D eigenvalue weighted by Crippen LogP contribution is 2.40. The van der Waals surface area contributed by atoms with Gasteiger partial charge in [0.05, 0.1) is 0 Å². The van der Waals surface area contributed by atoms with Crippen LogP contribution < -0.4 is 0 Å². The molecule has 3 heteroatoms. The summed E-state index contributed by atoms with van der Waals surface area (Å²) in [6.45, 7) is 1.25. The fraction of sp³-hybridized carbons (Fsp3) is 0.450. The van der Waals surface area contributed by atoms with Crippen LogP contribution in [-0.4, -0.2) is 27.6 Å². The minimum Gasteiger partial charge on any atom is -0.384 e. The normalized spacial score (nSPS) is 26.0. The predicted molar refractivity (Wildman–Crippen MR) is 91.1 cm³/mol. The highest BCUT2D eigenvalue weighted by molar-refractivity contribution is 5.32. The maximum absolute atomic E-state index is 10.5. The van der Waals surface area contributed by atoms with Crippen molar-refractivity contribution in [2.24, 2.45) is 0 Å². The predicted octanol–water partition coefficient (Wildman–Crippen LogP) is 3.85. The van der Waals surface area contributed by atoms with Gasteiger partial charge >= 0.3 is 0 Å². The summed E-state index contributed by atoms with van der Waals surface area (Å²) < 4.78 is 0. The number of rotatable bonds is 3. The molecule has 0 amide bonds. The number of piperidine rings is 1. The number of hydrogen-bond acceptors (Lipinski definition) is 3. The SMILES string of the molecule is OC(c1ccncc1)c1ccc(C2CCC3CCCCN32)cc1. The number of hydrogen-bond donors (Lipinski definition) is 1. The maximum atomic E-state index is 10.5. The third-order valence-corrected chi connectivity index (χ3v) is 5.51.